The van der Waals surface area contributed by atoms with Crippen molar-refractivity contribution in [3.63, 3.8) is 0 Å². The second-order valence-electron chi connectivity index (χ2n) is 5.53. The van der Waals surface area contributed by atoms with E-state index in [0.717, 1.165) is 24.3 Å². The van der Waals surface area contributed by atoms with E-state index in [9.17, 15) is 0 Å². The smallest absolute Gasteiger partial charge is 0.193 e. The van der Waals surface area contributed by atoms with Gasteiger partial charge in [0.1, 0.15) is 0 Å². The molecule has 2 atom stereocenters. The number of fused-ring (bicyclic) bond motifs is 1. The second-order valence-corrected chi connectivity index (χ2v) is 6.52. The van der Waals surface area contributed by atoms with Crippen molar-refractivity contribution >= 4 is 41.7 Å². The Morgan fingerprint density at radius 2 is 1.89 bits per heavy atom. The van der Waals surface area contributed by atoms with Gasteiger partial charge in [0.05, 0.1) is 0 Å². The molecule has 1 aliphatic carbocycles. The van der Waals surface area contributed by atoms with Gasteiger partial charge in [-0.15, -0.1) is 24.0 Å². The second kappa shape index (κ2) is 9.32. The Balaban J connectivity index is 0.00000180. The highest BCUT2D eigenvalue weighted by molar-refractivity contribution is 14.0. The number of aliphatic imine (C=N–C) groups is 1. The first-order valence-corrected chi connectivity index (χ1v) is 8.69. The van der Waals surface area contributed by atoms with Crippen molar-refractivity contribution in [2.75, 3.05) is 38.7 Å². The average Bonchev–Trinajstić information content (AvgIpc) is 2.82. The lowest BCUT2D eigenvalue weighted by atomic mass is 9.82. The Kier molecular flexibility index (Phi) is 8.53. The van der Waals surface area contributed by atoms with Crippen molar-refractivity contribution in [2.45, 2.75) is 32.1 Å². The molecular formula is C14H28IN3S. The van der Waals surface area contributed by atoms with Gasteiger partial charge in [-0.2, -0.15) is 11.8 Å². The van der Waals surface area contributed by atoms with E-state index in [4.69, 9.17) is 0 Å². The number of nitrogens with one attached hydrogen (secondary N) is 1. The molecule has 2 unspecified atom stereocenters. The number of hydrogen-bond acceptors (Lipinski definition) is 2. The van der Waals surface area contributed by atoms with Gasteiger partial charge in [-0.05, 0) is 43.1 Å². The molecule has 1 saturated heterocycles. The molecule has 2 rings (SSSR count). The largest absolute Gasteiger partial charge is 0.356 e. The maximum Gasteiger partial charge on any atom is 0.193 e. The Hall–Kier alpha value is 0.350. The monoisotopic (exact) mass is 397 g/mol. The van der Waals surface area contributed by atoms with Crippen LogP contribution in [0.2, 0.25) is 0 Å². The zero-order valence-corrected chi connectivity index (χ0v) is 15.4. The fraction of sp³-hybridized carbons (Fsp3) is 0.929. The molecule has 3 nitrogen and oxygen atoms in total. The number of likely N-dealkylation sites (tertiary alicyclic amines) is 1. The number of hydrogen-bond donors (Lipinski definition) is 1. The van der Waals surface area contributed by atoms with E-state index in [1.54, 1.807) is 0 Å². The minimum absolute atomic E-state index is 0. The van der Waals surface area contributed by atoms with Gasteiger partial charge in [0.15, 0.2) is 5.96 Å². The van der Waals surface area contributed by atoms with Crippen LogP contribution in [0.5, 0.6) is 0 Å². The molecule has 0 aromatic carbocycles. The summed E-state index contributed by atoms with van der Waals surface area (Å²) in [6, 6.07) is 0. The first-order chi connectivity index (χ1) is 8.85. The molecule has 0 bridgehead atoms. The van der Waals surface area contributed by atoms with Crippen LogP contribution in [-0.4, -0.2) is 49.6 Å². The van der Waals surface area contributed by atoms with Crippen LogP contribution in [0, 0.1) is 11.8 Å². The standard InChI is InChI=1S/C14H27N3S.HI/c1-15-14(16-8-5-9-18-2)17-10-12-6-3-4-7-13(12)11-17;/h12-13H,3-11H2,1-2H3,(H,15,16);1H. The minimum Gasteiger partial charge on any atom is -0.356 e. The lowest BCUT2D eigenvalue weighted by Gasteiger charge is -2.22. The van der Waals surface area contributed by atoms with Gasteiger partial charge >= 0.3 is 0 Å². The first kappa shape index (κ1) is 17.4. The number of halogens is 1. The third-order valence-electron chi connectivity index (χ3n) is 4.30. The van der Waals surface area contributed by atoms with Gasteiger partial charge < -0.3 is 10.2 Å². The van der Waals surface area contributed by atoms with E-state index in [1.807, 2.05) is 18.8 Å². The summed E-state index contributed by atoms with van der Waals surface area (Å²) in [7, 11) is 1.92. The minimum atomic E-state index is 0. The van der Waals surface area contributed by atoms with Crippen LogP contribution in [0.25, 0.3) is 0 Å². The Bertz CT molecular complexity index is 272. The van der Waals surface area contributed by atoms with Crippen molar-refractivity contribution in [3.8, 4) is 0 Å². The normalized spacial score (nSPS) is 26.8. The molecule has 19 heavy (non-hydrogen) atoms. The first-order valence-electron chi connectivity index (χ1n) is 7.29. The number of nitrogens with zero attached hydrogens (tertiary/aromatic N) is 2. The summed E-state index contributed by atoms with van der Waals surface area (Å²) in [6.45, 7) is 3.51. The van der Waals surface area contributed by atoms with Crippen LogP contribution in [0.4, 0.5) is 0 Å². The molecule has 1 saturated carbocycles. The summed E-state index contributed by atoms with van der Waals surface area (Å²) in [5.74, 6) is 4.23. The maximum absolute atomic E-state index is 4.45. The van der Waals surface area contributed by atoms with Crippen LogP contribution in [0.15, 0.2) is 4.99 Å². The zero-order valence-electron chi connectivity index (χ0n) is 12.2. The molecule has 0 radical (unpaired) electrons. The molecule has 1 N–H and O–H groups in total. The summed E-state index contributed by atoms with van der Waals surface area (Å²) < 4.78 is 0. The predicted octanol–water partition coefficient (Wildman–Crippen LogP) is 3.05. The highest BCUT2D eigenvalue weighted by atomic mass is 127. The van der Waals surface area contributed by atoms with Crippen molar-refractivity contribution in [2.24, 2.45) is 16.8 Å². The molecule has 0 spiro atoms. The highest BCUT2D eigenvalue weighted by Crippen LogP contribution is 2.35. The summed E-state index contributed by atoms with van der Waals surface area (Å²) in [6.07, 6.45) is 9.14. The van der Waals surface area contributed by atoms with Crippen molar-refractivity contribution < 1.29 is 0 Å². The number of rotatable bonds is 4. The molecule has 0 aromatic heterocycles. The molecule has 5 heteroatoms. The molecule has 112 valence electrons. The number of guanidine groups is 1. The Labute approximate surface area is 139 Å². The molecule has 1 aliphatic heterocycles. The van der Waals surface area contributed by atoms with E-state index >= 15 is 0 Å². The third-order valence-corrected chi connectivity index (χ3v) is 4.99. The average molecular weight is 397 g/mol. The molecule has 2 fully saturated rings. The lowest BCUT2D eigenvalue weighted by Crippen LogP contribution is -2.40. The fourth-order valence-corrected chi connectivity index (χ4v) is 3.76. The van der Waals surface area contributed by atoms with E-state index < -0.39 is 0 Å². The summed E-state index contributed by atoms with van der Waals surface area (Å²) in [4.78, 5) is 6.94. The van der Waals surface area contributed by atoms with Crippen molar-refractivity contribution in [3.05, 3.63) is 0 Å². The van der Waals surface area contributed by atoms with E-state index in [0.29, 0.717) is 0 Å². The van der Waals surface area contributed by atoms with Gasteiger partial charge in [0.25, 0.3) is 0 Å². The van der Waals surface area contributed by atoms with Gasteiger partial charge in [0.2, 0.25) is 0 Å². The summed E-state index contributed by atoms with van der Waals surface area (Å²) >= 11 is 1.92. The maximum atomic E-state index is 4.45. The SMILES string of the molecule is CN=C(NCCCSC)N1CC2CCCCC2C1.I. The topological polar surface area (TPSA) is 27.6 Å². The van der Waals surface area contributed by atoms with E-state index in [-0.39, 0.29) is 24.0 Å². The number of thioether (sulfide) groups is 1. The Morgan fingerprint density at radius 1 is 1.26 bits per heavy atom. The molecular weight excluding hydrogens is 369 g/mol. The summed E-state index contributed by atoms with van der Waals surface area (Å²) in [5.41, 5.74) is 0. The van der Waals surface area contributed by atoms with Crippen molar-refractivity contribution in [1.29, 1.82) is 0 Å². The quantitative estimate of drug-likeness (QED) is 0.342. The van der Waals surface area contributed by atoms with Gasteiger partial charge in [-0.3, -0.25) is 4.99 Å². The van der Waals surface area contributed by atoms with Crippen molar-refractivity contribution in [1.82, 2.24) is 10.2 Å². The van der Waals surface area contributed by atoms with Crippen LogP contribution >= 0.6 is 35.7 Å². The predicted molar refractivity (Wildman–Crippen MR) is 96.8 cm³/mol. The highest BCUT2D eigenvalue weighted by Gasteiger charge is 2.35. The molecule has 1 heterocycles. The Morgan fingerprint density at radius 3 is 2.42 bits per heavy atom. The van der Waals surface area contributed by atoms with Crippen LogP contribution in [-0.2, 0) is 0 Å². The van der Waals surface area contributed by atoms with Gasteiger partial charge in [0, 0.05) is 26.7 Å². The van der Waals surface area contributed by atoms with Crippen LogP contribution in [0.1, 0.15) is 32.1 Å². The van der Waals surface area contributed by atoms with Crippen LogP contribution in [0.3, 0.4) is 0 Å². The van der Waals surface area contributed by atoms with Gasteiger partial charge in [-0.25, -0.2) is 0 Å². The zero-order chi connectivity index (χ0) is 12.8. The van der Waals surface area contributed by atoms with E-state index in [1.165, 1.54) is 50.9 Å². The van der Waals surface area contributed by atoms with Crippen LogP contribution < -0.4 is 5.32 Å². The molecule has 0 amide bonds. The molecule has 2 aliphatic rings. The lowest BCUT2D eigenvalue weighted by molar-refractivity contribution is 0.299. The molecule has 0 aromatic rings. The van der Waals surface area contributed by atoms with Gasteiger partial charge in [-0.1, -0.05) is 12.8 Å². The summed E-state index contributed by atoms with van der Waals surface area (Å²) in [5, 5.41) is 3.52. The van der Waals surface area contributed by atoms with E-state index in [2.05, 4.69) is 21.5 Å². The third kappa shape index (κ3) is 4.99. The fourth-order valence-electron chi connectivity index (χ4n) is 3.33.